The van der Waals surface area contributed by atoms with Gasteiger partial charge in [-0.05, 0) is 22.4 Å². The van der Waals surface area contributed by atoms with Crippen LogP contribution in [0, 0.1) is 5.92 Å². The van der Waals surface area contributed by atoms with Crippen molar-refractivity contribution in [1.82, 2.24) is 10.6 Å². The molecule has 4 heteroatoms. The van der Waals surface area contributed by atoms with E-state index in [2.05, 4.69) is 40.3 Å². The number of carbonyl (C=O) groups excluding carboxylic acids is 1. The molecule has 2 N–H and O–H groups in total. The van der Waals surface area contributed by atoms with Crippen molar-refractivity contribution in [2.45, 2.75) is 20.4 Å². The van der Waals surface area contributed by atoms with E-state index in [0.717, 1.165) is 13.1 Å². The molecular weight excluding hydrogens is 256 g/mol. The van der Waals surface area contributed by atoms with Crippen molar-refractivity contribution >= 4 is 27.3 Å². The maximum absolute atomic E-state index is 11.4. The first-order chi connectivity index (χ1) is 9.18. The fraction of sp³-hybridized carbons (Fsp3) is 0.400. The molecule has 0 fully saturated rings. The second kappa shape index (κ2) is 6.68. The van der Waals surface area contributed by atoms with E-state index in [1.165, 1.54) is 15.6 Å². The molecule has 19 heavy (non-hydrogen) atoms. The zero-order chi connectivity index (χ0) is 13.7. The van der Waals surface area contributed by atoms with Gasteiger partial charge in [-0.3, -0.25) is 4.79 Å². The largest absolute Gasteiger partial charge is 0.355 e. The lowest BCUT2D eigenvalue weighted by atomic mass is 10.2. The third-order valence-electron chi connectivity index (χ3n) is 3.00. The molecule has 0 aliphatic carbocycles. The highest BCUT2D eigenvalue weighted by atomic mass is 32.1. The summed E-state index contributed by atoms with van der Waals surface area (Å²) in [5.41, 5.74) is 1.33. The van der Waals surface area contributed by atoms with E-state index in [1.807, 2.05) is 13.8 Å². The topological polar surface area (TPSA) is 41.1 Å². The highest BCUT2D eigenvalue weighted by Crippen LogP contribution is 2.25. The van der Waals surface area contributed by atoms with Gasteiger partial charge >= 0.3 is 0 Å². The summed E-state index contributed by atoms with van der Waals surface area (Å²) >= 11 is 1.78. The second-order valence-corrected chi connectivity index (χ2v) is 5.79. The van der Waals surface area contributed by atoms with Gasteiger partial charge in [0, 0.05) is 30.3 Å². The predicted octanol–water partition coefficient (Wildman–Crippen LogP) is 2.76. The Kier molecular flexibility index (Phi) is 4.93. The number of hydrogen-bond donors (Lipinski definition) is 2. The van der Waals surface area contributed by atoms with Crippen molar-refractivity contribution in [3.05, 3.63) is 35.2 Å². The van der Waals surface area contributed by atoms with Crippen LogP contribution in [0.3, 0.4) is 0 Å². The van der Waals surface area contributed by atoms with Crippen LogP contribution in [0.4, 0.5) is 0 Å². The third kappa shape index (κ3) is 3.78. The van der Waals surface area contributed by atoms with Gasteiger partial charge in [-0.15, -0.1) is 11.3 Å². The first-order valence-corrected chi connectivity index (χ1v) is 7.50. The Balaban J connectivity index is 1.76. The van der Waals surface area contributed by atoms with E-state index in [4.69, 9.17) is 0 Å². The Hall–Kier alpha value is -1.39. The summed E-state index contributed by atoms with van der Waals surface area (Å²) in [6.45, 7) is 6.13. The van der Waals surface area contributed by atoms with E-state index in [1.54, 1.807) is 11.3 Å². The van der Waals surface area contributed by atoms with Crippen LogP contribution in [0.25, 0.3) is 10.1 Å². The molecule has 0 aliphatic heterocycles. The number of amides is 1. The maximum Gasteiger partial charge on any atom is 0.222 e. The second-order valence-electron chi connectivity index (χ2n) is 4.88. The van der Waals surface area contributed by atoms with Crippen LogP contribution in [0.15, 0.2) is 29.6 Å². The molecule has 0 unspecified atom stereocenters. The lowest BCUT2D eigenvalue weighted by Crippen LogP contribution is -2.34. The summed E-state index contributed by atoms with van der Waals surface area (Å²) in [7, 11) is 0. The van der Waals surface area contributed by atoms with Crippen LogP contribution < -0.4 is 10.6 Å². The molecule has 0 bridgehead atoms. The van der Waals surface area contributed by atoms with Crippen LogP contribution >= 0.6 is 11.3 Å². The number of nitrogens with one attached hydrogen (secondary N) is 2. The zero-order valence-corrected chi connectivity index (χ0v) is 12.2. The standard InChI is InChI=1S/C15H20N2OS/c1-11(2)15(18)17-8-7-16-9-12-10-19-14-6-4-3-5-13(12)14/h3-6,10-11,16H,7-9H2,1-2H3,(H,17,18). The number of fused-ring (bicyclic) bond motifs is 1. The van der Waals surface area contributed by atoms with Gasteiger partial charge in [-0.1, -0.05) is 32.0 Å². The maximum atomic E-state index is 11.4. The zero-order valence-electron chi connectivity index (χ0n) is 11.4. The molecular formula is C15H20N2OS. The van der Waals surface area contributed by atoms with Gasteiger partial charge in [-0.25, -0.2) is 0 Å². The fourth-order valence-electron chi connectivity index (χ4n) is 1.87. The molecule has 1 aromatic heterocycles. The van der Waals surface area contributed by atoms with E-state index in [-0.39, 0.29) is 11.8 Å². The van der Waals surface area contributed by atoms with Gasteiger partial charge in [-0.2, -0.15) is 0 Å². The Morgan fingerprint density at radius 3 is 2.84 bits per heavy atom. The monoisotopic (exact) mass is 276 g/mol. The minimum atomic E-state index is 0.0563. The highest BCUT2D eigenvalue weighted by Gasteiger charge is 2.05. The van der Waals surface area contributed by atoms with Crippen molar-refractivity contribution in [3.63, 3.8) is 0 Å². The van der Waals surface area contributed by atoms with Crippen LogP contribution in [0.1, 0.15) is 19.4 Å². The van der Waals surface area contributed by atoms with Crippen LogP contribution in [-0.2, 0) is 11.3 Å². The summed E-state index contributed by atoms with van der Waals surface area (Å²) in [5.74, 6) is 0.170. The Morgan fingerprint density at radius 1 is 1.26 bits per heavy atom. The van der Waals surface area contributed by atoms with Gasteiger partial charge in [0.1, 0.15) is 0 Å². The summed E-state index contributed by atoms with van der Waals surface area (Å²) in [4.78, 5) is 11.4. The fourth-order valence-corrected chi connectivity index (χ4v) is 2.83. The van der Waals surface area contributed by atoms with Crippen molar-refractivity contribution in [2.24, 2.45) is 5.92 Å². The molecule has 2 aromatic rings. The molecule has 1 heterocycles. The molecule has 0 radical (unpaired) electrons. The summed E-state index contributed by atoms with van der Waals surface area (Å²) in [5, 5.41) is 9.79. The Morgan fingerprint density at radius 2 is 2.05 bits per heavy atom. The van der Waals surface area contributed by atoms with Crippen LogP contribution in [-0.4, -0.2) is 19.0 Å². The van der Waals surface area contributed by atoms with Crippen molar-refractivity contribution in [2.75, 3.05) is 13.1 Å². The quantitative estimate of drug-likeness (QED) is 0.797. The highest BCUT2D eigenvalue weighted by molar-refractivity contribution is 7.17. The number of carbonyl (C=O) groups is 1. The van der Waals surface area contributed by atoms with Crippen LogP contribution in [0.5, 0.6) is 0 Å². The lowest BCUT2D eigenvalue weighted by molar-refractivity contribution is -0.123. The molecule has 2 rings (SSSR count). The van der Waals surface area contributed by atoms with Crippen molar-refractivity contribution in [1.29, 1.82) is 0 Å². The molecule has 0 aliphatic rings. The lowest BCUT2D eigenvalue weighted by Gasteiger charge is -2.08. The smallest absolute Gasteiger partial charge is 0.222 e. The molecule has 0 saturated carbocycles. The molecule has 3 nitrogen and oxygen atoms in total. The minimum absolute atomic E-state index is 0.0563. The normalized spacial score (nSPS) is 11.1. The summed E-state index contributed by atoms with van der Waals surface area (Å²) in [6, 6.07) is 8.44. The average molecular weight is 276 g/mol. The van der Waals surface area contributed by atoms with E-state index in [0.29, 0.717) is 6.54 Å². The Bertz CT molecular complexity index is 548. The van der Waals surface area contributed by atoms with Crippen molar-refractivity contribution < 1.29 is 4.79 Å². The number of rotatable bonds is 6. The van der Waals surface area contributed by atoms with Gasteiger partial charge in [0.05, 0.1) is 0 Å². The number of thiophene rings is 1. The molecule has 1 aromatic carbocycles. The van der Waals surface area contributed by atoms with E-state index in [9.17, 15) is 4.79 Å². The van der Waals surface area contributed by atoms with Gasteiger partial charge in [0.2, 0.25) is 5.91 Å². The first kappa shape index (κ1) is 14.0. The number of benzene rings is 1. The van der Waals surface area contributed by atoms with Gasteiger partial charge in [0.15, 0.2) is 0 Å². The summed E-state index contributed by atoms with van der Waals surface area (Å²) in [6.07, 6.45) is 0. The predicted molar refractivity (Wildman–Crippen MR) is 81.4 cm³/mol. The van der Waals surface area contributed by atoms with Gasteiger partial charge < -0.3 is 10.6 Å². The first-order valence-electron chi connectivity index (χ1n) is 6.62. The average Bonchev–Trinajstić information content (AvgIpc) is 2.81. The van der Waals surface area contributed by atoms with E-state index < -0.39 is 0 Å². The van der Waals surface area contributed by atoms with E-state index >= 15 is 0 Å². The molecule has 0 spiro atoms. The third-order valence-corrected chi connectivity index (χ3v) is 4.01. The molecule has 102 valence electrons. The van der Waals surface area contributed by atoms with Crippen LogP contribution in [0.2, 0.25) is 0 Å². The number of hydrogen-bond acceptors (Lipinski definition) is 3. The van der Waals surface area contributed by atoms with Gasteiger partial charge in [0.25, 0.3) is 0 Å². The molecule has 1 amide bonds. The Labute approximate surface area is 118 Å². The molecule has 0 atom stereocenters. The SMILES string of the molecule is CC(C)C(=O)NCCNCc1csc2ccccc12. The van der Waals surface area contributed by atoms with Crippen molar-refractivity contribution in [3.8, 4) is 0 Å². The minimum Gasteiger partial charge on any atom is -0.355 e. The summed E-state index contributed by atoms with van der Waals surface area (Å²) < 4.78 is 1.33. The molecule has 0 saturated heterocycles.